The van der Waals surface area contributed by atoms with E-state index in [-0.39, 0.29) is 0 Å². The quantitative estimate of drug-likeness (QED) is 0.846. The van der Waals surface area contributed by atoms with E-state index < -0.39 is 0 Å². The van der Waals surface area contributed by atoms with Gasteiger partial charge in [-0.1, -0.05) is 30.3 Å². The van der Waals surface area contributed by atoms with E-state index in [9.17, 15) is 0 Å². The zero-order valence-corrected chi connectivity index (χ0v) is 12.4. The molecule has 0 radical (unpaired) electrons. The summed E-state index contributed by atoms with van der Waals surface area (Å²) in [6, 6.07) is 12.9. The number of hydrogen-bond donors (Lipinski definition) is 2. The van der Waals surface area contributed by atoms with Crippen molar-refractivity contribution in [1.29, 1.82) is 0 Å². The first-order valence-corrected chi connectivity index (χ1v) is 7.01. The highest BCUT2D eigenvalue weighted by molar-refractivity contribution is 5.42. The van der Waals surface area contributed by atoms with Gasteiger partial charge in [0.05, 0.1) is 0 Å². The first-order valence-electron chi connectivity index (χ1n) is 7.01. The molecule has 4 heteroatoms. The van der Waals surface area contributed by atoms with Gasteiger partial charge in [0, 0.05) is 24.8 Å². The van der Waals surface area contributed by atoms with Crippen molar-refractivity contribution in [2.24, 2.45) is 0 Å². The summed E-state index contributed by atoms with van der Waals surface area (Å²) in [6.07, 6.45) is 2.14. The molecule has 0 fully saturated rings. The average molecular weight is 270 g/mol. The minimum absolute atomic E-state index is 0.370. The van der Waals surface area contributed by atoms with Crippen LogP contribution in [0, 0.1) is 6.92 Å². The van der Waals surface area contributed by atoms with Gasteiger partial charge < -0.3 is 10.6 Å². The Bertz CT molecular complexity index is 539. The van der Waals surface area contributed by atoms with Crippen molar-refractivity contribution in [3.8, 4) is 0 Å². The fourth-order valence-electron chi connectivity index (χ4n) is 2.11. The van der Waals surface area contributed by atoms with Crippen molar-refractivity contribution in [2.75, 3.05) is 17.7 Å². The molecule has 0 amide bonds. The molecule has 4 nitrogen and oxygen atoms in total. The largest absolute Gasteiger partial charge is 0.367 e. The number of benzene rings is 1. The second kappa shape index (κ2) is 6.89. The number of nitrogens with one attached hydrogen (secondary N) is 2. The third kappa shape index (κ3) is 4.23. The fourth-order valence-corrected chi connectivity index (χ4v) is 2.11. The second-order valence-corrected chi connectivity index (χ2v) is 5.04. The van der Waals surface area contributed by atoms with Crippen LogP contribution in [0.25, 0.3) is 0 Å². The Balaban J connectivity index is 1.91. The first-order chi connectivity index (χ1) is 9.67. The number of aryl methyl sites for hydroxylation is 2. The molecule has 0 aliphatic heterocycles. The van der Waals surface area contributed by atoms with Crippen LogP contribution in [0.3, 0.4) is 0 Å². The molecule has 0 bridgehead atoms. The lowest BCUT2D eigenvalue weighted by atomic mass is 10.1. The number of anilines is 2. The number of hydrogen-bond acceptors (Lipinski definition) is 4. The molecule has 20 heavy (non-hydrogen) atoms. The van der Waals surface area contributed by atoms with Crippen molar-refractivity contribution in [3.63, 3.8) is 0 Å². The van der Waals surface area contributed by atoms with Gasteiger partial charge in [0.1, 0.15) is 5.82 Å². The van der Waals surface area contributed by atoms with Crippen LogP contribution >= 0.6 is 0 Å². The van der Waals surface area contributed by atoms with Crippen molar-refractivity contribution in [2.45, 2.75) is 32.7 Å². The van der Waals surface area contributed by atoms with Gasteiger partial charge in [-0.25, -0.2) is 4.98 Å². The summed E-state index contributed by atoms with van der Waals surface area (Å²) in [5.74, 6) is 1.53. The van der Waals surface area contributed by atoms with E-state index in [1.807, 2.05) is 26.1 Å². The molecule has 0 aliphatic rings. The fraction of sp³-hybridized carbons (Fsp3) is 0.375. The average Bonchev–Trinajstić information content (AvgIpc) is 2.45. The Morgan fingerprint density at radius 3 is 2.60 bits per heavy atom. The molecular formula is C16H22N4. The Hall–Kier alpha value is -2.10. The van der Waals surface area contributed by atoms with Gasteiger partial charge >= 0.3 is 0 Å². The molecule has 1 atom stereocenters. The van der Waals surface area contributed by atoms with E-state index in [0.29, 0.717) is 12.0 Å². The summed E-state index contributed by atoms with van der Waals surface area (Å²) in [5, 5.41) is 6.41. The molecule has 2 rings (SSSR count). The monoisotopic (exact) mass is 270 g/mol. The predicted molar refractivity (Wildman–Crippen MR) is 84.2 cm³/mol. The summed E-state index contributed by atoms with van der Waals surface area (Å²) in [7, 11) is 1.83. The maximum Gasteiger partial charge on any atom is 0.224 e. The minimum Gasteiger partial charge on any atom is -0.367 e. The molecule has 0 aliphatic carbocycles. The Morgan fingerprint density at radius 1 is 1.15 bits per heavy atom. The van der Waals surface area contributed by atoms with Crippen LogP contribution in [0.2, 0.25) is 0 Å². The molecule has 1 unspecified atom stereocenters. The molecular weight excluding hydrogens is 248 g/mol. The van der Waals surface area contributed by atoms with E-state index in [4.69, 9.17) is 0 Å². The molecule has 1 heterocycles. The van der Waals surface area contributed by atoms with E-state index in [1.54, 1.807) is 0 Å². The molecule has 2 N–H and O–H groups in total. The topological polar surface area (TPSA) is 49.8 Å². The van der Waals surface area contributed by atoms with E-state index in [0.717, 1.165) is 24.4 Å². The molecule has 106 valence electrons. The Kier molecular flexibility index (Phi) is 4.93. The van der Waals surface area contributed by atoms with Crippen LogP contribution in [0.1, 0.15) is 24.6 Å². The summed E-state index contributed by atoms with van der Waals surface area (Å²) < 4.78 is 0. The zero-order chi connectivity index (χ0) is 14.4. The van der Waals surface area contributed by atoms with Gasteiger partial charge in [0.2, 0.25) is 5.95 Å². The highest BCUT2D eigenvalue weighted by Gasteiger charge is 2.06. The normalized spacial score (nSPS) is 11.9. The third-order valence-electron chi connectivity index (χ3n) is 3.18. The predicted octanol–water partition coefficient (Wildman–Crippen LogP) is 3.26. The standard InChI is InChI=1S/C16H22N4/c1-12(9-10-14-7-5-4-6-8-14)18-15-11-13(2)19-16(17-3)20-15/h4-8,11-12H,9-10H2,1-3H3,(H2,17,18,19,20). The first kappa shape index (κ1) is 14.3. The van der Waals surface area contributed by atoms with Crippen LogP contribution < -0.4 is 10.6 Å². The maximum absolute atomic E-state index is 4.41. The summed E-state index contributed by atoms with van der Waals surface area (Å²) in [5.41, 5.74) is 2.33. The SMILES string of the molecule is CNc1nc(C)cc(NC(C)CCc2ccccc2)n1. The molecule has 1 aromatic carbocycles. The molecule has 0 saturated heterocycles. The van der Waals surface area contributed by atoms with Gasteiger partial charge in [0.25, 0.3) is 0 Å². The van der Waals surface area contributed by atoms with Crippen molar-refractivity contribution in [3.05, 3.63) is 47.7 Å². The van der Waals surface area contributed by atoms with Crippen molar-refractivity contribution < 1.29 is 0 Å². The van der Waals surface area contributed by atoms with Gasteiger partial charge in [-0.05, 0) is 32.3 Å². The van der Waals surface area contributed by atoms with Gasteiger partial charge in [-0.3, -0.25) is 0 Å². The minimum atomic E-state index is 0.370. The highest BCUT2D eigenvalue weighted by Crippen LogP contribution is 2.13. The van der Waals surface area contributed by atoms with Crippen LogP contribution in [0.15, 0.2) is 36.4 Å². The van der Waals surface area contributed by atoms with Crippen LogP contribution in [0.5, 0.6) is 0 Å². The van der Waals surface area contributed by atoms with Crippen molar-refractivity contribution >= 4 is 11.8 Å². The Labute approximate surface area is 120 Å². The maximum atomic E-state index is 4.41. The number of rotatable bonds is 6. The molecule has 2 aromatic rings. The third-order valence-corrected chi connectivity index (χ3v) is 3.18. The molecule has 0 saturated carbocycles. The number of aromatic nitrogens is 2. The highest BCUT2D eigenvalue weighted by atomic mass is 15.1. The summed E-state index contributed by atoms with van der Waals surface area (Å²) in [4.78, 5) is 8.70. The number of nitrogens with zero attached hydrogens (tertiary/aromatic N) is 2. The van der Waals surface area contributed by atoms with Gasteiger partial charge in [-0.2, -0.15) is 4.98 Å². The van der Waals surface area contributed by atoms with Gasteiger partial charge in [0.15, 0.2) is 0 Å². The zero-order valence-electron chi connectivity index (χ0n) is 12.4. The summed E-state index contributed by atoms with van der Waals surface area (Å²) in [6.45, 7) is 4.15. The van der Waals surface area contributed by atoms with E-state index in [1.165, 1.54) is 5.56 Å². The smallest absolute Gasteiger partial charge is 0.224 e. The van der Waals surface area contributed by atoms with E-state index in [2.05, 4.69) is 51.8 Å². The summed E-state index contributed by atoms with van der Waals surface area (Å²) >= 11 is 0. The Morgan fingerprint density at radius 2 is 1.90 bits per heavy atom. The molecule has 0 spiro atoms. The second-order valence-electron chi connectivity index (χ2n) is 5.04. The lowest BCUT2D eigenvalue weighted by Crippen LogP contribution is -2.17. The molecule has 1 aromatic heterocycles. The lowest BCUT2D eigenvalue weighted by molar-refractivity contribution is 0.702. The van der Waals surface area contributed by atoms with Crippen molar-refractivity contribution in [1.82, 2.24) is 9.97 Å². The van der Waals surface area contributed by atoms with E-state index >= 15 is 0 Å². The lowest BCUT2D eigenvalue weighted by Gasteiger charge is -2.15. The van der Waals surface area contributed by atoms with Gasteiger partial charge in [-0.15, -0.1) is 0 Å². The van der Waals surface area contributed by atoms with Crippen LogP contribution in [-0.2, 0) is 6.42 Å². The van der Waals surface area contributed by atoms with Crippen LogP contribution in [-0.4, -0.2) is 23.1 Å². The van der Waals surface area contributed by atoms with Crippen LogP contribution in [0.4, 0.5) is 11.8 Å².